The van der Waals surface area contributed by atoms with Crippen LogP contribution in [-0.4, -0.2) is 48.7 Å². The number of aromatic nitrogens is 3. The van der Waals surface area contributed by atoms with Gasteiger partial charge in [-0.2, -0.15) is 5.10 Å². The predicted octanol–water partition coefficient (Wildman–Crippen LogP) is 4.31. The predicted molar refractivity (Wildman–Crippen MR) is 140 cm³/mol. The first-order valence-corrected chi connectivity index (χ1v) is 13.3. The molecule has 2 aromatic heterocycles. The van der Waals surface area contributed by atoms with Crippen LogP contribution in [0.15, 0.2) is 65.6 Å². The number of nitrogens with zero attached hydrogens (tertiary/aromatic N) is 4. The molecule has 1 fully saturated rings. The molecule has 5 rings (SSSR count). The van der Waals surface area contributed by atoms with Gasteiger partial charge in [0.15, 0.2) is 11.5 Å². The first kappa shape index (κ1) is 23.3. The number of anilines is 2. The number of nitrogens with one attached hydrogen (secondary N) is 1. The first-order valence-electron chi connectivity index (χ1n) is 11.8. The summed E-state index contributed by atoms with van der Waals surface area (Å²) in [5.41, 5.74) is 10.7. The highest BCUT2D eigenvalue weighted by Crippen LogP contribution is 2.43. The Kier molecular flexibility index (Phi) is 6.21. The molecule has 4 aromatic rings. The third-order valence-corrected chi connectivity index (χ3v) is 7.62. The second kappa shape index (κ2) is 9.31. The zero-order valence-corrected chi connectivity index (χ0v) is 20.8. The minimum absolute atomic E-state index is 0.225. The molecule has 1 saturated carbocycles. The van der Waals surface area contributed by atoms with Gasteiger partial charge in [0, 0.05) is 23.8 Å². The molecule has 8 nitrogen and oxygen atoms in total. The summed E-state index contributed by atoms with van der Waals surface area (Å²) in [6.07, 6.45) is 3.23. The number of fused-ring (bicyclic) bond motifs is 1. The summed E-state index contributed by atoms with van der Waals surface area (Å²) in [5, 5.41) is 5.46. The van der Waals surface area contributed by atoms with Crippen LogP contribution in [0.3, 0.4) is 0 Å². The van der Waals surface area contributed by atoms with Gasteiger partial charge in [-0.15, -0.1) is 0 Å². The van der Waals surface area contributed by atoms with Gasteiger partial charge in [-0.3, -0.25) is 4.72 Å². The minimum Gasteiger partial charge on any atom is -0.382 e. The zero-order valence-electron chi connectivity index (χ0n) is 20.0. The van der Waals surface area contributed by atoms with Crippen LogP contribution >= 0.6 is 0 Å². The van der Waals surface area contributed by atoms with Crippen LogP contribution in [0.5, 0.6) is 0 Å². The highest BCUT2D eigenvalue weighted by atomic mass is 32.2. The van der Waals surface area contributed by atoms with Crippen LogP contribution in [0.2, 0.25) is 0 Å². The van der Waals surface area contributed by atoms with Crippen molar-refractivity contribution < 1.29 is 8.42 Å². The van der Waals surface area contributed by atoms with E-state index < -0.39 is 10.0 Å². The number of hydrogen-bond donors (Lipinski definition) is 2. The van der Waals surface area contributed by atoms with Gasteiger partial charge in [0.1, 0.15) is 0 Å². The number of benzene rings is 2. The van der Waals surface area contributed by atoms with Crippen molar-refractivity contribution >= 4 is 32.6 Å². The van der Waals surface area contributed by atoms with E-state index >= 15 is 0 Å². The molecular formula is C26H30N6O2S. The number of pyridine rings is 1. The first-order chi connectivity index (χ1) is 16.8. The van der Waals surface area contributed by atoms with Crippen LogP contribution in [-0.2, 0) is 16.6 Å². The van der Waals surface area contributed by atoms with Gasteiger partial charge in [0.2, 0.25) is 0 Å². The Morgan fingerprint density at radius 3 is 2.46 bits per heavy atom. The van der Waals surface area contributed by atoms with E-state index in [4.69, 9.17) is 10.7 Å². The fraction of sp³-hybridized carbons (Fsp3) is 0.308. The van der Waals surface area contributed by atoms with Gasteiger partial charge in [-0.25, -0.2) is 18.1 Å². The molecule has 0 radical (unpaired) electrons. The van der Waals surface area contributed by atoms with Crippen LogP contribution < -0.4 is 10.5 Å². The largest absolute Gasteiger partial charge is 0.382 e. The normalized spacial score (nSPS) is 14.0. The van der Waals surface area contributed by atoms with E-state index in [1.54, 1.807) is 42.5 Å². The Bertz CT molecular complexity index is 1440. The Balaban J connectivity index is 1.48. The average molecular weight is 491 g/mol. The Hall–Kier alpha value is -3.43. The number of nitrogen functional groups attached to an aromatic ring is 1. The molecule has 0 aliphatic heterocycles. The third-order valence-electron chi connectivity index (χ3n) is 6.22. The molecule has 0 spiro atoms. The zero-order chi connectivity index (χ0) is 24.6. The van der Waals surface area contributed by atoms with Crippen molar-refractivity contribution in [3.8, 4) is 11.1 Å². The molecule has 1 aliphatic rings. The van der Waals surface area contributed by atoms with E-state index in [2.05, 4.69) is 34.9 Å². The third kappa shape index (κ3) is 5.01. The van der Waals surface area contributed by atoms with Crippen molar-refractivity contribution in [3.63, 3.8) is 0 Å². The Morgan fingerprint density at radius 2 is 1.80 bits per heavy atom. The summed E-state index contributed by atoms with van der Waals surface area (Å²) in [5.74, 6) is 0.935. The van der Waals surface area contributed by atoms with E-state index in [9.17, 15) is 8.42 Å². The molecule has 182 valence electrons. The van der Waals surface area contributed by atoms with Gasteiger partial charge < -0.3 is 10.6 Å². The van der Waals surface area contributed by atoms with Crippen molar-refractivity contribution in [2.24, 2.45) is 0 Å². The fourth-order valence-corrected chi connectivity index (χ4v) is 5.34. The monoisotopic (exact) mass is 490 g/mol. The average Bonchev–Trinajstić information content (AvgIpc) is 3.64. The highest BCUT2D eigenvalue weighted by molar-refractivity contribution is 7.92. The summed E-state index contributed by atoms with van der Waals surface area (Å²) in [4.78, 5) is 7.33. The maximum atomic E-state index is 12.7. The molecule has 0 amide bonds. The lowest BCUT2D eigenvalue weighted by Gasteiger charge is -2.12. The molecule has 2 aromatic carbocycles. The van der Waals surface area contributed by atoms with E-state index in [0.717, 1.165) is 60.2 Å². The molecule has 0 unspecified atom stereocenters. The minimum atomic E-state index is -3.65. The second-order valence-corrected chi connectivity index (χ2v) is 11.0. The Labute approximate surface area is 205 Å². The molecule has 3 N–H and O–H groups in total. The van der Waals surface area contributed by atoms with Crippen LogP contribution in [0.25, 0.3) is 22.2 Å². The smallest absolute Gasteiger partial charge is 0.261 e. The molecule has 2 heterocycles. The number of sulfonamides is 1. The maximum Gasteiger partial charge on any atom is 0.261 e. The van der Waals surface area contributed by atoms with Gasteiger partial charge in [-0.05, 0) is 81.4 Å². The summed E-state index contributed by atoms with van der Waals surface area (Å²) < 4.78 is 29.9. The highest BCUT2D eigenvalue weighted by Gasteiger charge is 2.28. The molecule has 35 heavy (non-hydrogen) atoms. The van der Waals surface area contributed by atoms with Gasteiger partial charge in [-0.1, -0.05) is 30.3 Å². The quantitative estimate of drug-likeness (QED) is 0.362. The lowest BCUT2D eigenvalue weighted by Crippen LogP contribution is -2.15. The van der Waals surface area contributed by atoms with E-state index in [-0.39, 0.29) is 4.90 Å². The van der Waals surface area contributed by atoms with Crippen molar-refractivity contribution in [1.82, 2.24) is 19.7 Å². The summed E-state index contributed by atoms with van der Waals surface area (Å²) >= 11 is 0. The van der Waals surface area contributed by atoms with Crippen molar-refractivity contribution in [3.05, 3.63) is 66.4 Å². The molecular weight excluding hydrogens is 460 g/mol. The number of hydrogen-bond acceptors (Lipinski definition) is 6. The van der Waals surface area contributed by atoms with Crippen LogP contribution in [0.4, 0.5) is 11.5 Å². The van der Waals surface area contributed by atoms with Crippen LogP contribution in [0, 0.1) is 0 Å². The van der Waals surface area contributed by atoms with Crippen molar-refractivity contribution in [1.29, 1.82) is 0 Å². The molecule has 9 heteroatoms. The number of nitrogens with two attached hydrogens (primary N) is 1. The lowest BCUT2D eigenvalue weighted by molar-refractivity contribution is 0.382. The SMILES string of the molecule is CN(C)CCCn1nc(N)c2c(-c3ccc(NS(=O)(=O)c4ccccc4)cc3)cc(C3CC3)nc21. The number of aryl methyl sites for hydroxylation is 1. The summed E-state index contributed by atoms with van der Waals surface area (Å²) in [7, 11) is 0.462. The summed E-state index contributed by atoms with van der Waals surface area (Å²) in [6.45, 7) is 1.70. The van der Waals surface area contributed by atoms with Crippen LogP contribution in [0.1, 0.15) is 30.9 Å². The van der Waals surface area contributed by atoms with E-state index in [1.165, 1.54) is 0 Å². The maximum absolute atomic E-state index is 12.7. The van der Waals surface area contributed by atoms with Gasteiger partial charge >= 0.3 is 0 Å². The standard InChI is InChI=1S/C26H30N6O2S/c1-31(2)15-6-16-32-26-24(25(27)29-32)22(17-23(28-26)19-9-10-19)18-11-13-20(14-12-18)30-35(33,34)21-7-4-3-5-8-21/h3-5,7-8,11-14,17,19,30H,6,9-10,15-16H2,1-2H3,(H2,27,29). The fourth-order valence-electron chi connectivity index (χ4n) is 4.26. The second-order valence-electron chi connectivity index (χ2n) is 9.33. The van der Waals surface area contributed by atoms with E-state index in [1.807, 2.05) is 16.8 Å². The van der Waals surface area contributed by atoms with Gasteiger partial charge in [0.05, 0.1) is 10.3 Å². The number of rotatable bonds is 9. The topological polar surface area (TPSA) is 106 Å². The Morgan fingerprint density at radius 1 is 1.09 bits per heavy atom. The lowest BCUT2D eigenvalue weighted by atomic mass is 10.0. The molecule has 0 saturated heterocycles. The molecule has 0 atom stereocenters. The van der Waals surface area contributed by atoms with E-state index in [0.29, 0.717) is 17.4 Å². The molecule has 1 aliphatic carbocycles. The summed E-state index contributed by atoms with van der Waals surface area (Å²) in [6, 6.07) is 17.8. The van der Waals surface area contributed by atoms with Gasteiger partial charge in [0.25, 0.3) is 10.0 Å². The van der Waals surface area contributed by atoms with Crippen molar-refractivity contribution in [2.45, 2.75) is 36.6 Å². The molecule has 0 bridgehead atoms. The van der Waals surface area contributed by atoms with Crippen molar-refractivity contribution in [2.75, 3.05) is 31.1 Å².